The van der Waals surface area contributed by atoms with E-state index in [1.165, 1.54) is 0 Å². The van der Waals surface area contributed by atoms with Crippen molar-refractivity contribution in [1.82, 2.24) is 4.90 Å². The van der Waals surface area contributed by atoms with Crippen LogP contribution >= 0.6 is 0 Å². The molecule has 1 aromatic carbocycles. The quantitative estimate of drug-likeness (QED) is 0.639. The Morgan fingerprint density at radius 2 is 1.88 bits per heavy atom. The molecule has 8 heteroatoms. The van der Waals surface area contributed by atoms with Crippen LogP contribution in [0.2, 0.25) is 0 Å². The Morgan fingerprint density at radius 3 is 2.59 bits per heavy atom. The summed E-state index contributed by atoms with van der Waals surface area (Å²) in [6.07, 6.45) is 2.82. The Balaban J connectivity index is 1.75. The van der Waals surface area contributed by atoms with Crippen LogP contribution in [0.5, 0.6) is 5.75 Å². The number of Topliss-reactive ketones (excluding diaryl/α,β-unsaturated/α-hetero) is 1. The van der Waals surface area contributed by atoms with E-state index < -0.39 is 11.9 Å². The first-order valence-corrected chi connectivity index (χ1v) is 11.8. The number of nitrogens with two attached hydrogens (primary N) is 1. The normalized spacial score (nSPS) is 21.8. The molecule has 0 radical (unpaired) electrons. The zero-order chi connectivity index (χ0) is 24.5. The lowest BCUT2D eigenvalue weighted by Crippen LogP contribution is -2.36. The predicted octanol–water partition coefficient (Wildman–Crippen LogP) is 3.18. The lowest BCUT2D eigenvalue weighted by molar-refractivity contribution is -0.139. The van der Waals surface area contributed by atoms with Crippen molar-refractivity contribution in [3.05, 3.63) is 52.6 Å². The number of rotatable bonds is 6. The molecule has 2 heterocycles. The molecule has 4 rings (SSSR count). The van der Waals surface area contributed by atoms with E-state index in [0.29, 0.717) is 35.5 Å². The van der Waals surface area contributed by atoms with E-state index in [9.17, 15) is 14.4 Å². The van der Waals surface area contributed by atoms with Gasteiger partial charge in [-0.1, -0.05) is 32.0 Å². The summed E-state index contributed by atoms with van der Waals surface area (Å²) >= 11 is 0. The van der Waals surface area contributed by atoms with E-state index >= 15 is 0 Å². The second kappa shape index (κ2) is 9.52. The van der Waals surface area contributed by atoms with Crippen molar-refractivity contribution >= 4 is 17.7 Å². The summed E-state index contributed by atoms with van der Waals surface area (Å²) in [5.74, 6) is -0.818. The predicted molar refractivity (Wildman–Crippen MR) is 124 cm³/mol. The molecular weight excluding hydrogens is 436 g/mol. The molecule has 182 valence electrons. The minimum absolute atomic E-state index is 0.0735. The molecule has 2 aliphatic heterocycles. The highest BCUT2D eigenvalue weighted by Gasteiger charge is 2.45. The van der Waals surface area contributed by atoms with Gasteiger partial charge < -0.3 is 24.8 Å². The Labute approximate surface area is 199 Å². The van der Waals surface area contributed by atoms with Gasteiger partial charge in [-0.05, 0) is 31.2 Å². The first-order chi connectivity index (χ1) is 16.2. The van der Waals surface area contributed by atoms with Crippen molar-refractivity contribution in [3.8, 4) is 5.75 Å². The number of nitrogens with zero attached hydrogens (tertiary/aromatic N) is 1. The van der Waals surface area contributed by atoms with Crippen molar-refractivity contribution in [1.29, 1.82) is 0 Å². The number of ketones is 1. The molecule has 0 saturated carbocycles. The molecular formula is C26H32N2O6. The van der Waals surface area contributed by atoms with Crippen LogP contribution in [0.3, 0.4) is 0 Å². The topological polar surface area (TPSA) is 108 Å². The maximum absolute atomic E-state index is 13.4. The maximum Gasteiger partial charge on any atom is 0.340 e. The molecule has 1 atom stereocenters. The van der Waals surface area contributed by atoms with E-state index in [0.717, 1.165) is 25.9 Å². The number of hydrogen-bond acceptors (Lipinski definition) is 7. The van der Waals surface area contributed by atoms with Crippen LogP contribution in [0.25, 0.3) is 0 Å². The van der Waals surface area contributed by atoms with E-state index in [2.05, 4.69) is 0 Å². The van der Waals surface area contributed by atoms with Gasteiger partial charge in [0.2, 0.25) is 5.88 Å². The highest BCUT2D eigenvalue weighted by atomic mass is 16.5. The number of ether oxygens (including phenoxy) is 3. The highest BCUT2D eigenvalue weighted by Crippen LogP contribution is 2.49. The van der Waals surface area contributed by atoms with Gasteiger partial charge in [0, 0.05) is 37.1 Å². The van der Waals surface area contributed by atoms with Crippen molar-refractivity contribution in [2.75, 3.05) is 26.3 Å². The average Bonchev–Trinajstić information content (AvgIpc) is 3.31. The fourth-order valence-corrected chi connectivity index (χ4v) is 4.95. The second-order valence-corrected chi connectivity index (χ2v) is 9.73. The minimum atomic E-state index is -0.801. The molecule has 8 nitrogen and oxygen atoms in total. The molecule has 3 aliphatic rings. The second-order valence-electron chi connectivity index (χ2n) is 9.73. The summed E-state index contributed by atoms with van der Waals surface area (Å²) in [4.78, 5) is 40.7. The monoisotopic (exact) mass is 468 g/mol. The Bertz CT molecular complexity index is 1060. The van der Waals surface area contributed by atoms with Gasteiger partial charge in [0.15, 0.2) is 12.4 Å². The van der Waals surface area contributed by atoms with Gasteiger partial charge in [-0.15, -0.1) is 0 Å². The number of allylic oxidation sites excluding steroid dienone is 2. The van der Waals surface area contributed by atoms with Crippen LogP contribution in [0.1, 0.15) is 57.9 Å². The number of amides is 1. The molecule has 1 aliphatic carbocycles. The third-order valence-electron chi connectivity index (χ3n) is 6.49. The molecule has 0 spiro atoms. The third-order valence-corrected chi connectivity index (χ3v) is 6.49. The summed E-state index contributed by atoms with van der Waals surface area (Å²) in [6, 6.07) is 7.11. The van der Waals surface area contributed by atoms with Crippen molar-refractivity contribution < 1.29 is 28.6 Å². The van der Waals surface area contributed by atoms with Crippen LogP contribution in [0.4, 0.5) is 0 Å². The molecule has 2 N–H and O–H groups in total. The lowest BCUT2D eigenvalue weighted by atomic mass is 9.70. The van der Waals surface area contributed by atoms with E-state index in [4.69, 9.17) is 19.9 Å². The number of carbonyl (C=O) groups is 3. The van der Waals surface area contributed by atoms with Gasteiger partial charge in [0.05, 0.1) is 12.5 Å². The first-order valence-electron chi connectivity index (χ1n) is 11.8. The Morgan fingerprint density at radius 1 is 1.18 bits per heavy atom. The smallest absolute Gasteiger partial charge is 0.340 e. The fraction of sp³-hybridized carbons (Fsp3) is 0.500. The molecule has 34 heavy (non-hydrogen) atoms. The number of benzene rings is 1. The zero-order valence-electron chi connectivity index (χ0n) is 20.0. The highest BCUT2D eigenvalue weighted by molar-refractivity contribution is 6.03. The van der Waals surface area contributed by atoms with Crippen LogP contribution in [-0.4, -0.2) is 48.9 Å². The van der Waals surface area contributed by atoms with Gasteiger partial charge >= 0.3 is 5.97 Å². The molecule has 0 bridgehead atoms. The van der Waals surface area contributed by atoms with Crippen LogP contribution in [-0.2, 0) is 23.9 Å². The van der Waals surface area contributed by atoms with Crippen molar-refractivity contribution in [3.63, 3.8) is 0 Å². The molecule has 1 fully saturated rings. The van der Waals surface area contributed by atoms with Gasteiger partial charge in [-0.2, -0.15) is 0 Å². The first kappa shape index (κ1) is 23.9. The number of esters is 1. The standard InChI is InChI=1S/C26H32N2O6/c1-4-32-25(31)23-21(22-17(29)13-26(2,3)14-19(22)34-24(23)27)16-9-5-6-10-18(16)33-15-20(30)28-11-7-8-12-28/h5-6,9-10,21H,4,7-8,11-15,27H2,1-3H3. The third kappa shape index (κ3) is 4.67. The number of likely N-dealkylation sites (tertiary alicyclic amines) is 1. The average molecular weight is 469 g/mol. The van der Waals surface area contributed by atoms with Gasteiger partial charge in [-0.3, -0.25) is 9.59 Å². The number of para-hydroxylation sites is 1. The molecule has 1 aromatic rings. The van der Waals surface area contributed by atoms with E-state index in [1.807, 2.05) is 13.8 Å². The van der Waals surface area contributed by atoms with Crippen LogP contribution in [0, 0.1) is 5.41 Å². The molecule has 1 amide bonds. The van der Waals surface area contributed by atoms with Crippen LogP contribution in [0.15, 0.2) is 47.1 Å². The largest absolute Gasteiger partial charge is 0.483 e. The summed E-state index contributed by atoms with van der Waals surface area (Å²) in [7, 11) is 0. The molecule has 1 saturated heterocycles. The Kier molecular flexibility index (Phi) is 6.68. The summed E-state index contributed by atoms with van der Waals surface area (Å²) < 4.78 is 17.1. The molecule has 1 unspecified atom stereocenters. The Hall–Kier alpha value is -3.29. The van der Waals surface area contributed by atoms with E-state index in [-0.39, 0.29) is 41.8 Å². The minimum Gasteiger partial charge on any atom is -0.483 e. The van der Waals surface area contributed by atoms with Crippen LogP contribution < -0.4 is 10.5 Å². The van der Waals surface area contributed by atoms with E-state index in [1.54, 1.807) is 36.1 Å². The SMILES string of the molecule is CCOC(=O)C1=C(N)OC2=C(C(=O)CC(C)(C)C2)C1c1ccccc1OCC(=O)N1CCCC1. The summed E-state index contributed by atoms with van der Waals surface area (Å²) in [6.45, 7) is 7.18. The van der Waals surface area contributed by atoms with Crippen molar-refractivity contribution in [2.24, 2.45) is 11.1 Å². The fourth-order valence-electron chi connectivity index (χ4n) is 4.95. The summed E-state index contributed by atoms with van der Waals surface area (Å²) in [5, 5.41) is 0. The molecule has 0 aromatic heterocycles. The number of carbonyl (C=O) groups excluding carboxylic acids is 3. The number of hydrogen-bond donors (Lipinski definition) is 1. The van der Waals surface area contributed by atoms with Gasteiger partial charge in [-0.25, -0.2) is 4.79 Å². The van der Waals surface area contributed by atoms with Gasteiger partial charge in [0.1, 0.15) is 17.1 Å². The van der Waals surface area contributed by atoms with Crippen molar-refractivity contribution in [2.45, 2.75) is 52.4 Å². The maximum atomic E-state index is 13.4. The summed E-state index contributed by atoms with van der Waals surface area (Å²) in [5.41, 5.74) is 7.01. The van der Waals surface area contributed by atoms with Gasteiger partial charge in [0.25, 0.3) is 5.91 Å². The zero-order valence-corrected chi connectivity index (χ0v) is 20.0. The lowest BCUT2D eigenvalue weighted by Gasteiger charge is -2.38.